The second-order valence-electron chi connectivity index (χ2n) is 4.27. The first-order valence-electron chi connectivity index (χ1n) is 6.18. The lowest BCUT2D eigenvalue weighted by atomic mass is 10.1. The summed E-state index contributed by atoms with van der Waals surface area (Å²) in [5.74, 6) is -1.02. The van der Waals surface area contributed by atoms with Gasteiger partial charge < -0.3 is 4.74 Å². The number of rotatable bonds is 5. The van der Waals surface area contributed by atoms with Gasteiger partial charge in [-0.1, -0.05) is 28.1 Å². The van der Waals surface area contributed by atoms with Crippen LogP contribution in [0.5, 0.6) is 5.75 Å². The van der Waals surface area contributed by atoms with Gasteiger partial charge in [0.15, 0.2) is 5.78 Å². The Morgan fingerprint density at radius 3 is 2.68 bits per heavy atom. The van der Waals surface area contributed by atoms with Crippen LogP contribution in [-0.2, 0) is 0 Å². The number of hydrogen-bond acceptors (Lipinski definition) is 2. The van der Waals surface area contributed by atoms with E-state index in [0.29, 0.717) is 4.47 Å². The molecule has 2 rings (SSSR count). The Morgan fingerprint density at radius 2 is 1.95 bits per heavy atom. The first kappa shape index (κ1) is 16.3. The topological polar surface area (TPSA) is 26.3 Å². The van der Waals surface area contributed by atoms with Crippen LogP contribution in [0.25, 0.3) is 6.08 Å². The van der Waals surface area contributed by atoms with Crippen molar-refractivity contribution in [1.29, 1.82) is 0 Å². The molecule has 22 heavy (non-hydrogen) atoms. The van der Waals surface area contributed by atoms with Crippen LogP contribution in [0.4, 0.5) is 13.2 Å². The fraction of sp³-hybridized carbons (Fsp3) is 0.0625. The molecule has 0 aliphatic heterocycles. The minimum atomic E-state index is -2.96. The molecule has 114 valence electrons. The number of benzene rings is 2. The number of ether oxygens (including phenoxy) is 1. The third kappa shape index (κ3) is 4.46. The number of allylic oxidation sites excluding steroid dienone is 1. The Hall–Kier alpha value is -2.08. The minimum absolute atomic E-state index is 0.108. The van der Waals surface area contributed by atoms with Crippen LogP contribution in [0.2, 0.25) is 0 Å². The maximum Gasteiger partial charge on any atom is 0.387 e. The molecule has 0 aliphatic rings. The average molecular weight is 371 g/mol. The van der Waals surface area contributed by atoms with E-state index >= 15 is 0 Å². The zero-order valence-corrected chi connectivity index (χ0v) is 12.7. The number of ketones is 1. The first-order valence-corrected chi connectivity index (χ1v) is 6.97. The highest BCUT2D eigenvalue weighted by Crippen LogP contribution is 2.19. The summed E-state index contributed by atoms with van der Waals surface area (Å²) in [7, 11) is 0. The van der Waals surface area contributed by atoms with Crippen LogP contribution in [-0.4, -0.2) is 12.4 Å². The van der Waals surface area contributed by atoms with E-state index < -0.39 is 18.2 Å². The summed E-state index contributed by atoms with van der Waals surface area (Å²) in [5.41, 5.74) is 0.410. The van der Waals surface area contributed by atoms with Gasteiger partial charge in [0.25, 0.3) is 0 Å². The van der Waals surface area contributed by atoms with E-state index in [9.17, 15) is 18.0 Å². The van der Waals surface area contributed by atoms with Crippen molar-refractivity contribution in [1.82, 2.24) is 0 Å². The van der Waals surface area contributed by atoms with E-state index in [-0.39, 0.29) is 16.9 Å². The van der Waals surface area contributed by atoms with Crippen molar-refractivity contribution in [2.75, 3.05) is 0 Å². The van der Waals surface area contributed by atoms with Gasteiger partial charge in [-0.3, -0.25) is 4.79 Å². The van der Waals surface area contributed by atoms with Crippen molar-refractivity contribution in [2.45, 2.75) is 6.61 Å². The molecule has 0 amide bonds. The van der Waals surface area contributed by atoms with Crippen molar-refractivity contribution >= 4 is 27.8 Å². The highest BCUT2D eigenvalue weighted by atomic mass is 79.9. The Balaban J connectivity index is 2.18. The summed E-state index contributed by atoms with van der Waals surface area (Å²) in [6.45, 7) is -2.96. The van der Waals surface area contributed by atoms with E-state index in [2.05, 4.69) is 20.7 Å². The Kier molecular flexibility index (Phi) is 5.38. The maximum absolute atomic E-state index is 13.5. The molecule has 0 saturated heterocycles. The summed E-state index contributed by atoms with van der Waals surface area (Å²) in [6, 6.07) is 9.75. The van der Waals surface area contributed by atoms with Crippen molar-refractivity contribution < 1.29 is 22.7 Å². The van der Waals surface area contributed by atoms with Gasteiger partial charge in [0.1, 0.15) is 11.6 Å². The molecule has 0 aromatic heterocycles. The number of alkyl halides is 2. The summed E-state index contributed by atoms with van der Waals surface area (Å²) in [5, 5.41) is 0. The van der Waals surface area contributed by atoms with E-state index in [1.165, 1.54) is 48.6 Å². The molecule has 0 bridgehead atoms. The molecule has 0 fully saturated rings. The number of carbonyl (C=O) groups is 1. The molecule has 0 spiro atoms. The van der Waals surface area contributed by atoms with E-state index in [0.717, 1.165) is 0 Å². The molecular formula is C16H10BrF3O2. The van der Waals surface area contributed by atoms with Gasteiger partial charge in [-0.15, -0.1) is 0 Å². The molecule has 2 aromatic carbocycles. The van der Waals surface area contributed by atoms with Crippen LogP contribution >= 0.6 is 15.9 Å². The molecule has 2 aromatic rings. The van der Waals surface area contributed by atoms with Crippen molar-refractivity contribution in [3.8, 4) is 5.75 Å². The van der Waals surface area contributed by atoms with Crippen molar-refractivity contribution in [3.63, 3.8) is 0 Å². The number of halogens is 4. The van der Waals surface area contributed by atoms with Crippen molar-refractivity contribution in [2.24, 2.45) is 0 Å². The molecule has 2 nitrogen and oxygen atoms in total. The molecule has 0 N–H and O–H groups in total. The van der Waals surface area contributed by atoms with Gasteiger partial charge in [0.2, 0.25) is 0 Å². The molecule has 6 heteroatoms. The van der Waals surface area contributed by atoms with E-state index in [4.69, 9.17) is 0 Å². The molecule has 0 heterocycles. The highest BCUT2D eigenvalue weighted by Gasteiger charge is 2.08. The van der Waals surface area contributed by atoms with Crippen LogP contribution < -0.4 is 4.74 Å². The van der Waals surface area contributed by atoms with Gasteiger partial charge in [-0.25, -0.2) is 4.39 Å². The van der Waals surface area contributed by atoms with Gasteiger partial charge >= 0.3 is 6.61 Å². The van der Waals surface area contributed by atoms with Crippen LogP contribution in [0.3, 0.4) is 0 Å². The molecule has 0 unspecified atom stereocenters. The summed E-state index contributed by atoms with van der Waals surface area (Å²) in [4.78, 5) is 12.0. The van der Waals surface area contributed by atoms with E-state index in [1.54, 1.807) is 6.07 Å². The first-order chi connectivity index (χ1) is 10.5. The predicted octanol–water partition coefficient (Wildman–Crippen LogP) is 5.09. The maximum atomic E-state index is 13.5. The SMILES string of the molecule is O=C(/C=C/c1cc(Br)ccc1F)c1cccc(OC(F)F)c1. The molecule has 0 aliphatic carbocycles. The zero-order chi connectivity index (χ0) is 16.1. The quantitative estimate of drug-likeness (QED) is 0.541. The van der Waals surface area contributed by atoms with Crippen LogP contribution in [0, 0.1) is 5.82 Å². The fourth-order valence-corrected chi connectivity index (χ4v) is 2.11. The molecular weight excluding hydrogens is 361 g/mol. The summed E-state index contributed by atoms with van der Waals surface area (Å²) < 4.78 is 42.7. The van der Waals surface area contributed by atoms with Crippen molar-refractivity contribution in [3.05, 3.63) is 70.0 Å². The summed E-state index contributed by atoms with van der Waals surface area (Å²) in [6.07, 6.45) is 2.50. The normalized spacial score (nSPS) is 11.1. The lowest BCUT2D eigenvalue weighted by Crippen LogP contribution is -2.03. The lowest BCUT2D eigenvalue weighted by molar-refractivity contribution is -0.0498. The van der Waals surface area contributed by atoms with Gasteiger partial charge in [-0.05, 0) is 42.5 Å². The zero-order valence-electron chi connectivity index (χ0n) is 11.1. The standard InChI is InChI=1S/C16H10BrF3O2/c17-12-5-6-14(18)10(8-12)4-7-15(21)11-2-1-3-13(9-11)22-16(19)20/h1-9,16H/b7-4+. The second kappa shape index (κ2) is 7.26. The Morgan fingerprint density at radius 1 is 1.18 bits per heavy atom. The van der Waals surface area contributed by atoms with Gasteiger partial charge in [-0.2, -0.15) is 8.78 Å². The minimum Gasteiger partial charge on any atom is -0.435 e. The average Bonchev–Trinajstić information content (AvgIpc) is 2.47. The second-order valence-corrected chi connectivity index (χ2v) is 5.19. The smallest absolute Gasteiger partial charge is 0.387 e. The number of carbonyl (C=O) groups excluding carboxylic acids is 1. The molecule has 0 saturated carbocycles. The van der Waals surface area contributed by atoms with Gasteiger partial charge in [0.05, 0.1) is 0 Å². The largest absolute Gasteiger partial charge is 0.435 e. The third-order valence-electron chi connectivity index (χ3n) is 2.72. The van der Waals surface area contributed by atoms with Gasteiger partial charge in [0, 0.05) is 15.6 Å². The van der Waals surface area contributed by atoms with E-state index in [1.807, 2.05) is 0 Å². The highest BCUT2D eigenvalue weighted by molar-refractivity contribution is 9.10. The van der Waals surface area contributed by atoms with Crippen LogP contribution in [0.1, 0.15) is 15.9 Å². The predicted molar refractivity (Wildman–Crippen MR) is 80.5 cm³/mol. The fourth-order valence-electron chi connectivity index (χ4n) is 1.73. The Labute approximate surface area is 133 Å². The third-order valence-corrected chi connectivity index (χ3v) is 3.21. The summed E-state index contributed by atoms with van der Waals surface area (Å²) >= 11 is 3.21. The lowest BCUT2D eigenvalue weighted by Gasteiger charge is -2.05. The number of hydrogen-bond donors (Lipinski definition) is 0. The van der Waals surface area contributed by atoms with Crippen LogP contribution in [0.15, 0.2) is 53.0 Å². The molecule has 0 radical (unpaired) electrons. The molecule has 0 atom stereocenters. The monoisotopic (exact) mass is 370 g/mol. The Bertz CT molecular complexity index is 714.